The largest absolute Gasteiger partial charge is 0.515 e. The molecule has 0 atom stereocenters. The lowest BCUT2D eigenvalue weighted by atomic mass is 9.83. The zero-order valence-electron chi connectivity index (χ0n) is 13.2. The highest BCUT2D eigenvalue weighted by molar-refractivity contribution is 7.17. The van der Waals surface area contributed by atoms with Crippen molar-refractivity contribution < 1.29 is 9.31 Å². The predicted molar refractivity (Wildman–Crippen MR) is 84.1 cm³/mol. The standard InChI is InChI=1S/C14H23BN2O2S/c1-13(2)14(3,4)19-15(18-13)11-10(9-7-8-9)20-12(16-11)17(5)6/h9H,7-8H2,1-6H3. The Morgan fingerprint density at radius 1 is 1.15 bits per heavy atom. The number of thiazole rings is 1. The monoisotopic (exact) mass is 294 g/mol. The molecule has 3 rings (SSSR count). The minimum Gasteiger partial charge on any atom is -0.398 e. The van der Waals surface area contributed by atoms with Crippen LogP contribution in [0.5, 0.6) is 0 Å². The molecule has 0 unspecified atom stereocenters. The molecular weight excluding hydrogens is 271 g/mol. The quantitative estimate of drug-likeness (QED) is 0.802. The summed E-state index contributed by atoms with van der Waals surface area (Å²) in [7, 11) is 3.73. The van der Waals surface area contributed by atoms with Crippen molar-refractivity contribution in [3.05, 3.63) is 4.88 Å². The predicted octanol–water partition coefficient (Wildman–Crippen LogP) is 2.39. The molecule has 0 aromatic carbocycles. The summed E-state index contributed by atoms with van der Waals surface area (Å²) in [6.45, 7) is 8.35. The topological polar surface area (TPSA) is 34.6 Å². The lowest BCUT2D eigenvalue weighted by Crippen LogP contribution is -2.41. The van der Waals surface area contributed by atoms with E-state index in [4.69, 9.17) is 14.3 Å². The van der Waals surface area contributed by atoms with Gasteiger partial charge in [0.15, 0.2) is 5.13 Å². The zero-order chi connectivity index (χ0) is 14.7. The van der Waals surface area contributed by atoms with Gasteiger partial charge in [-0.1, -0.05) is 0 Å². The Morgan fingerprint density at radius 2 is 1.70 bits per heavy atom. The first-order valence-corrected chi connectivity index (χ1v) is 8.06. The number of hydrogen-bond donors (Lipinski definition) is 0. The third kappa shape index (κ3) is 2.28. The maximum atomic E-state index is 6.17. The highest BCUT2D eigenvalue weighted by Crippen LogP contribution is 2.44. The SMILES string of the molecule is CN(C)c1nc(B2OC(C)(C)C(C)(C)O2)c(C2CC2)s1. The number of anilines is 1. The first-order chi connectivity index (χ1) is 9.21. The van der Waals surface area contributed by atoms with E-state index in [2.05, 4.69) is 32.6 Å². The fraction of sp³-hybridized carbons (Fsp3) is 0.786. The number of hydrogen-bond acceptors (Lipinski definition) is 5. The molecule has 1 aliphatic carbocycles. The third-order valence-electron chi connectivity index (χ3n) is 4.48. The summed E-state index contributed by atoms with van der Waals surface area (Å²) in [6, 6.07) is 0. The summed E-state index contributed by atoms with van der Waals surface area (Å²) in [5.74, 6) is 0.662. The molecule has 1 aromatic heterocycles. The molecule has 110 valence electrons. The van der Waals surface area contributed by atoms with Gasteiger partial charge in [0.25, 0.3) is 0 Å². The van der Waals surface area contributed by atoms with Gasteiger partial charge in [-0.25, -0.2) is 4.98 Å². The number of aromatic nitrogens is 1. The van der Waals surface area contributed by atoms with Gasteiger partial charge in [-0.15, -0.1) is 11.3 Å². The average Bonchev–Trinajstić information content (AvgIpc) is 3.00. The molecule has 0 bridgehead atoms. The number of rotatable bonds is 3. The number of nitrogens with zero attached hydrogens (tertiary/aromatic N) is 2. The third-order valence-corrected chi connectivity index (χ3v) is 5.88. The van der Waals surface area contributed by atoms with Crippen molar-refractivity contribution in [1.29, 1.82) is 0 Å². The van der Waals surface area contributed by atoms with Crippen LogP contribution >= 0.6 is 11.3 Å². The van der Waals surface area contributed by atoms with Gasteiger partial charge in [0.05, 0.1) is 16.8 Å². The molecular formula is C14H23BN2O2S. The molecule has 20 heavy (non-hydrogen) atoms. The molecule has 1 saturated carbocycles. The maximum Gasteiger partial charge on any atom is 0.515 e. The molecule has 6 heteroatoms. The Balaban J connectivity index is 1.94. The normalized spacial score (nSPS) is 24.2. The van der Waals surface area contributed by atoms with Crippen LogP contribution in [0.4, 0.5) is 5.13 Å². The summed E-state index contributed by atoms with van der Waals surface area (Å²) in [5, 5.41) is 1.04. The van der Waals surface area contributed by atoms with Gasteiger partial charge in [0.1, 0.15) is 0 Å². The van der Waals surface area contributed by atoms with E-state index in [0.717, 1.165) is 10.7 Å². The molecule has 2 fully saturated rings. The second-order valence-corrected chi connectivity index (χ2v) is 8.01. The van der Waals surface area contributed by atoms with Gasteiger partial charge in [0.2, 0.25) is 0 Å². The summed E-state index contributed by atoms with van der Waals surface area (Å²) in [6.07, 6.45) is 2.53. The van der Waals surface area contributed by atoms with Crippen LogP contribution < -0.4 is 10.5 Å². The van der Waals surface area contributed by atoms with Crippen LogP contribution in [0.1, 0.15) is 51.3 Å². The highest BCUT2D eigenvalue weighted by Gasteiger charge is 2.54. The minimum absolute atomic E-state index is 0.305. The van der Waals surface area contributed by atoms with E-state index in [1.165, 1.54) is 17.7 Å². The van der Waals surface area contributed by atoms with E-state index in [1.54, 1.807) is 11.3 Å². The van der Waals surface area contributed by atoms with E-state index in [1.807, 2.05) is 14.1 Å². The molecule has 2 aliphatic rings. The summed E-state index contributed by atoms with van der Waals surface area (Å²) >= 11 is 1.78. The summed E-state index contributed by atoms with van der Waals surface area (Å²) in [5.41, 5.74) is 0.390. The van der Waals surface area contributed by atoms with Crippen LogP contribution in [0.3, 0.4) is 0 Å². The minimum atomic E-state index is -0.333. The van der Waals surface area contributed by atoms with Gasteiger partial charge < -0.3 is 14.2 Å². The van der Waals surface area contributed by atoms with E-state index in [9.17, 15) is 0 Å². The van der Waals surface area contributed by atoms with Crippen molar-refractivity contribution in [3.8, 4) is 0 Å². The summed E-state index contributed by atoms with van der Waals surface area (Å²) in [4.78, 5) is 8.19. The van der Waals surface area contributed by atoms with Crippen molar-refractivity contribution in [2.45, 2.75) is 57.7 Å². The molecule has 4 nitrogen and oxygen atoms in total. The Morgan fingerprint density at radius 3 is 2.15 bits per heavy atom. The van der Waals surface area contributed by atoms with Gasteiger partial charge in [-0.05, 0) is 46.5 Å². The fourth-order valence-corrected chi connectivity index (χ4v) is 3.46. The molecule has 1 saturated heterocycles. The van der Waals surface area contributed by atoms with Crippen molar-refractivity contribution in [2.75, 3.05) is 19.0 Å². The van der Waals surface area contributed by atoms with E-state index in [0.29, 0.717) is 5.92 Å². The maximum absolute atomic E-state index is 6.17. The molecule has 0 N–H and O–H groups in total. The van der Waals surface area contributed by atoms with Crippen LogP contribution in [-0.4, -0.2) is 37.4 Å². The van der Waals surface area contributed by atoms with Crippen molar-refractivity contribution in [3.63, 3.8) is 0 Å². The van der Waals surface area contributed by atoms with Gasteiger partial charge in [-0.2, -0.15) is 0 Å². The molecule has 1 aliphatic heterocycles. The molecule has 0 amide bonds. The Hall–Kier alpha value is -0.585. The molecule has 0 spiro atoms. The van der Waals surface area contributed by atoms with Crippen LogP contribution in [0.2, 0.25) is 0 Å². The van der Waals surface area contributed by atoms with Crippen molar-refractivity contribution in [1.82, 2.24) is 4.98 Å². The van der Waals surface area contributed by atoms with E-state index >= 15 is 0 Å². The van der Waals surface area contributed by atoms with Gasteiger partial charge in [-0.3, -0.25) is 0 Å². The van der Waals surface area contributed by atoms with Crippen LogP contribution in [0.15, 0.2) is 0 Å². The van der Waals surface area contributed by atoms with Gasteiger partial charge in [0, 0.05) is 19.0 Å². The fourth-order valence-electron chi connectivity index (χ4n) is 2.28. The van der Waals surface area contributed by atoms with Crippen LogP contribution in [-0.2, 0) is 9.31 Å². The van der Waals surface area contributed by atoms with E-state index in [-0.39, 0.29) is 18.3 Å². The average molecular weight is 294 g/mol. The highest BCUT2D eigenvalue weighted by atomic mass is 32.1. The zero-order valence-corrected chi connectivity index (χ0v) is 14.0. The smallest absolute Gasteiger partial charge is 0.398 e. The molecule has 1 aromatic rings. The Labute approximate surface area is 125 Å². The summed E-state index contributed by atoms with van der Waals surface area (Å²) < 4.78 is 12.3. The lowest BCUT2D eigenvalue weighted by Gasteiger charge is -2.32. The van der Waals surface area contributed by atoms with Gasteiger partial charge >= 0.3 is 7.12 Å². The van der Waals surface area contributed by atoms with Crippen LogP contribution in [0.25, 0.3) is 0 Å². The van der Waals surface area contributed by atoms with E-state index < -0.39 is 0 Å². The first kappa shape index (κ1) is 14.4. The molecule has 2 heterocycles. The second-order valence-electron chi connectivity index (χ2n) is 7.00. The molecule has 0 radical (unpaired) electrons. The second kappa shape index (κ2) is 4.45. The van der Waals surface area contributed by atoms with Crippen molar-refractivity contribution in [2.24, 2.45) is 0 Å². The lowest BCUT2D eigenvalue weighted by molar-refractivity contribution is 0.00578. The van der Waals surface area contributed by atoms with Crippen LogP contribution in [0, 0.1) is 0 Å². The Bertz CT molecular complexity index is 507. The Kier molecular flexibility index (Phi) is 3.20. The van der Waals surface area contributed by atoms with Crippen molar-refractivity contribution >= 4 is 29.2 Å². The first-order valence-electron chi connectivity index (χ1n) is 7.25.